The van der Waals surface area contributed by atoms with Crippen molar-refractivity contribution < 1.29 is 0 Å². The summed E-state index contributed by atoms with van der Waals surface area (Å²) >= 11 is 1.69. The zero-order valence-corrected chi connectivity index (χ0v) is 12.5. The molecule has 0 fully saturated rings. The number of nitrogens with zero attached hydrogens (tertiary/aromatic N) is 1. The van der Waals surface area contributed by atoms with Crippen LogP contribution in [0.15, 0.2) is 58.6 Å². The molecule has 0 aliphatic carbocycles. The van der Waals surface area contributed by atoms with Gasteiger partial charge in [0.1, 0.15) is 5.03 Å². The second-order valence-electron chi connectivity index (χ2n) is 5.52. The first-order valence-electron chi connectivity index (χ1n) is 6.46. The van der Waals surface area contributed by atoms with Crippen molar-refractivity contribution >= 4 is 11.8 Å². The minimum atomic E-state index is 0.136. The highest BCUT2D eigenvalue weighted by atomic mass is 32.2. The molecule has 1 N–H and O–H groups in total. The topological polar surface area (TPSA) is 24.9 Å². The third-order valence-electron chi connectivity index (χ3n) is 2.59. The van der Waals surface area contributed by atoms with Crippen molar-refractivity contribution in [2.45, 2.75) is 42.8 Å². The Labute approximate surface area is 119 Å². The Bertz CT molecular complexity index is 501. The van der Waals surface area contributed by atoms with Crippen LogP contribution < -0.4 is 5.32 Å². The van der Waals surface area contributed by atoms with Crippen LogP contribution in [-0.2, 0) is 6.54 Å². The number of aromatic nitrogens is 1. The molecule has 3 heteroatoms. The molecule has 0 amide bonds. The molecular weight excluding hydrogens is 252 g/mol. The summed E-state index contributed by atoms with van der Waals surface area (Å²) in [5, 5.41) is 4.49. The van der Waals surface area contributed by atoms with Crippen LogP contribution in [0, 0.1) is 0 Å². The van der Waals surface area contributed by atoms with Gasteiger partial charge in [0.15, 0.2) is 0 Å². The third kappa shape index (κ3) is 5.05. The Morgan fingerprint density at radius 3 is 2.37 bits per heavy atom. The van der Waals surface area contributed by atoms with E-state index >= 15 is 0 Å². The highest BCUT2D eigenvalue weighted by Crippen LogP contribution is 2.25. The monoisotopic (exact) mass is 272 g/mol. The minimum absolute atomic E-state index is 0.136. The molecule has 0 radical (unpaired) electrons. The quantitative estimate of drug-likeness (QED) is 0.906. The van der Waals surface area contributed by atoms with E-state index in [1.165, 1.54) is 10.5 Å². The lowest BCUT2D eigenvalue weighted by atomic mass is 10.1. The summed E-state index contributed by atoms with van der Waals surface area (Å²) < 4.78 is 0. The average Bonchev–Trinajstić information content (AvgIpc) is 2.38. The normalized spacial score (nSPS) is 11.5. The van der Waals surface area contributed by atoms with Crippen LogP contribution in [0.3, 0.4) is 0 Å². The van der Waals surface area contributed by atoms with Crippen LogP contribution in [0.2, 0.25) is 0 Å². The fraction of sp³-hybridized carbons (Fsp3) is 0.312. The van der Waals surface area contributed by atoms with Gasteiger partial charge < -0.3 is 5.32 Å². The Morgan fingerprint density at radius 1 is 1.05 bits per heavy atom. The largest absolute Gasteiger partial charge is 0.308 e. The first-order valence-corrected chi connectivity index (χ1v) is 7.27. The first kappa shape index (κ1) is 14.1. The SMILES string of the molecule is CC(C)(C)NCc1ccc(Sc2ccccc2)nc1. The molecule has 100 valence electrons. The van der Waals surface area contributed by atoms with Gasteiger partial charge in [0.05, 0.1) is 0 Å². The zero-order valence-electron chi connectivity index (χ0n) is 11.7. The minimum Gasteiger partial charge on any atom is -0.308 e. The number of pyridine rings is 1. The molecule has 1 aromatic heterocycles. The lowest BCUT2D eigenvalue weighted by Gasteiger charge is -2.20. The summed E-state index contributed by atoms with van der Waals surface area (Å²) in [6.07, 6.45) is 1.95. The van der Waals surface area contributed by atoms with Gasteiger partial charge in [-0.25, -0.2) is 4.98 Å². The van der Waals surface area contributed by atoms with Crippen molar-refractivity contribution in [2.75, 3.05) is 0 Å². The Balaban J connectivity index is 1.95. The molecule has 0 atom stereocenters. The van der Waals surface area contributed by atoms with E-state index in [9.17, 15) is 0 Å². The predicted molar refractivity (Wildman–Crippen MR) is 81.4 cm³/mol. The molecule has 0 aliphatic rings. The van der Waals surface area contributed by atoms with Crippen LogP contribution >= 0.6 is 11.8 Å². The van der Waals surface area contributed by atoms with Crippen LogP contribution in [0.1, 0.15) is 26.3 Å². The molecule has 2 nitrogen and oxygen atoms in total. The van der Waals surface area contributed by atoms with Gasteiger partial charge in [0, 0.05) is 23.2 Å². The molecule has 0 aliphatic heterocycles. The standard InChI is InChI=1S/C16H20N2S/c1-16(2,3)18-12-13-9-10-15(17-11-13)19-14-7-5-4-6-8-14/h4-11,18H,12H2,1-3H3. The van der Waals surface area contributed by atoms with Gasteiger partial charge in [-0.15, -0.1) is 0 Å². The number of hydrogen-bond donors (Lipinski definition) is 1. The number of nitrogens with one attached hydrogen (secondary N) is 1. The molecule has 0 saturated heterocycles. The fourth-order valence-corrected chi connectivity index (χ4v) is 2.33. The van der Waals surface area contributed by atoms with Gasteiger partial charge in [0.2, 0.25) is 0 Å². The molecular formula is C16H20N2S. The molecule has 0 bridgehead atoms. The summed E-state index contributed by atoms with van der Waals surface area (Å²) in [5.41, 5.74) is 1.35. The van der Waals surface area contributed by atoms with Gasteiger partial charge in [0.25, 0.3) is 0 Å². The molecule has 2 aromatic rings. The van der Waals surface area contributed by atoms with Crippen molar-refractivity contribution in [3.63, 3.8) is 0 Å². The van der Waals surface area contributed by atoms with E-state index in [4.69, 9.17) is 0 Å². The van der Waals surface area contributed by atoms with Crippen LogP contribution in [0.5, 0.6) is 0 Å². The van der Waals surface area contributed by atoms with Gasteiger partial charge in [-0.2, -0.15) is 0 Å². The summed E-state index contributed by atoms with van der Waals surface area (Å²) in [5.74, 6) is 0. The van der Waals surface area contributed by atoms with E-state index in [-0.39, 0.29) is 5.54 Å². The highest BCUT2D eigenvalue weighted by Gasteiger charge is 2.08. The van der Waals surface area contributed by atoms with Crippen molar-refractivity contribution in [3.05, 3.63) is 54.2 Å². The second kappa shape index (κ2) is 6.22. The van der Waals surface area contributed by atoms with E-state index < -0.39 is 0 Å². The lowest BCUT2D eigenvalue weighted by Crippen LogP contribution is -2.35. The maximum Gasteiger partial charge on any atom is 0.101 e. The summed E-state index contributed by atoms with van der Waals surface area (Å²) in [4.78, 5) is 5.72. The second-order valence-corrected chi connectivity index (χ2v) is 6.62. The van der Waals surface area contributed by atoms with Gasteiger partial charge >= 0.3 is 0 Å². The van der Waals surface area contributed by atoms with Crippen LogP contribution in [-0.4, -0.2) is 10.5 Å². The summed E-state index contributed by atoms with van der Waals surface area (Å²) in [7, 11) is 0. The molecule has 0 unspecified atom stereocenters. The summed E-state index contributed by atoms with van der Waals surface area (Å²) in [6.45, 7) is 7.35. The molecule has 19 heavy (non-hydrogen) atoms. The number of rotatable bonds is 4. The van der Waals surface area contributed by atoms with Gasteiger partial charge in [-0.1, -0.05) is 36.0 Å². The maximum absolute atomic E-state index is 4.50. The summed E-state index contributed by atoms with van der Waals surface area (Å²) in [6, 6.07) is 14.5. The van der Waals surface area contributed by atoms with Gasteiger partial charge in [-0.3, -0.25) is 0 Å². The predicted octanol–water partition coefficient (Wildman–Crippen LogP) is 4.12. The van der Waals surface area contributed by atoms with Crippen molar-refractivity contribution in [2.24, 2.45) is 0 Å². The Kier molecular flexibility index (Phi) is 4.61. The van der Waals surface area contributed by atoms with Crippen molar-refractivity contribution in [3.8, 4) is 0 Å². The smallest absolute Gasteiger partial charge is 0.101 e. The fourth-order valence-electron chi connectivity index (χ4n) is 1.55. The zero-order chi connectivity index (χ0) is 13.7. The molecule has 2 rings (SSSR count). The lowest BCUT2D eigenvalue weighted by molar-refractivity contribution is 0.424. The third-order valence-corrected chi connectivity index (χ3v) is 3.54. The van der Waals surface area contributed by atoms with E-state index in [0.717, 1.165) is 11.6 Å². The molecule has 1 heterocycles. The van der Waals surface area contributed by atoms with E-state index in [1.807, 2.05) is 24.4 Å². The van der Waals surface area contributed by atoms with E-state index in [1.54, 1.807) is 11.8 Å². The molecule has 0 saturated carbocycles. The number of benzene rings is 1. The van der Waals surface area contributed by atoms with Crippen molar-refractivity contribution in [1.29, 1.82) is 0 Å². The first-order chi connectivity index (χ1) is 9.03. The van der Waals surface area contributed by atoms with E-state index in [2.05, 4.69) is 55.3 Å². The van der Waals surface area contributed by atoms with E-state index in [0.29, 0.717) is 0 Å². The molecule has 1 aromatic carbocycles. The van der Waals surface area contributed by atoms with Crippen LogP contribution in [0.4, 0.5) is 0 Å². The Hall–Kier alpha value is -1.32. The number of hydrogen-bond acceptors (Lipinski definition) is 3. The molecule has 0 spiro atoms. The average molecular weight is 272 g/mol. The van der Waals surface area contributed by atoms with Gasteiger partial charge in [-0.05, 0) is 44.5 Å². The van der Waals surface area contributed by atoms with Crippen LogP contribution in [0.25, 0.3) is 0 Å². The van der Waals surface area contributed by atoms with Crippen molar-refractivity contribution in [1.82, 2.24) is 10.3 Å². The Morgan fingerprint density at radius 2 is 1.79 bits per heavy atom. The maximum atomic E-state index is 4.50. The highest BCUT2D eigenvalue weighted by molar-refractivity contribution is 7.99.